The van der Waals surface area contributed by atoms with Gasteiger partial charge in [-0.2, -0.15) is 0 Å². The van der Waals surface area contributed by atoms with Crippen LogP contribution >= 0.6 is 23.1 Å². The molecule has 0 unspecified atom stereocenters. The highest BCUT2D eigenvalue weighted by molar-refractivity contribution is 7.99. The van der Waals surface area contributed by atoms with E-state index in [9.17, 15) is 4.79 Å². The summed E-state index contributed by atoms with van der Waals surface area (Å²) in [5, 5.41) is 1.53. The molecule has 140 valence electrons. The maximum absolute atomic E-state index is 13.3. The molecule has 0 saturated heterocycles. The van der Waals surface area contributed by atoms with E-state index in [2.05, 4.69) is 28.1 Å². The van der Waals surface area contributed by atoms with Crippen molar-refractivity contribution in [2.24, 2.45) is 0 Å². The van der Waals surface area contributed by atoms with E-state index in [1.54, 1.807) is 27.7 Å². The number of nitrogens with zero attached hydrogens (tertiary/aromatic N) is 3. The predicted octanol–water partition coefficient (Wildman–Crippen LogP) is 0.866. The van der Waals surface area contributed by atoms with Crippen LogP contribution in [0.2, 0.25) is 0 Å². The van der Waals surface area contributed by atoms with E-state index in [-0.39, 0.29) is 29.5 Å². The van der Waals surface area contributed by atoms with Gasteiger partial charge in [-0.3, -0.25) is 9.36 Å². The molecule has 0 bridgehead atoms. The van der Waals surface area contributed by atoms with Gasteiger partial charge in [-0.25, -0.2) is 4.98 Å². The molecule has 0 N–H and O–H groups in total. The summed E-state index contributed by atoms with van der Waals surface area (Å²) in [6.45, 7) is 5.07. The molecule has 7 heteroatoms. The summed E-state index contributed by atoms with van der Waals surface area (Å²) in [6.07, 6.45) is 0. The lowest BCUT2D eigenvalue weighted by Gasteiger charge is -2.23. The zero-order valence-corrected chi connectivity index (χ0v) is 19.5. The fourth-order valence-corrected chi connectivity index (χ4v) is 4.96. The van der Waals surface area contributed by atoms with Gasteiger partial charge in [-0.05, 0) is 31.5 Å². The summed E-state index contributed by atoms with van der Waals surface area (Å²) in [4.78, 5) is 20.1. The summed E-state index contributed by atoms with van der Waals surface area (Å²) in [7, 11) is 6.52. The lowest BCUT2D eigenvalue weighted by Crippen LogP contribution is -3.00. The van der Waals surface area contributed by atoms with Crippen molar-refractivity contribution < 1.29 is 28.5 Å². The molecular weight excluding hydrogens is 477 g/mol. The summed E-state index contributed by atoms with van der Waals surface area (Å²) in [5.41, 5.74) is 1.95. The highest BCUT2D eigenvalue weighted by Gasteiger charge is 2.18. The standard InChI is InChI=1S/C19H24N3OS2.HI/c1-13-14(2)25-17-16(13)18(23)21(15-9-7-6-8-10-15)19(20-17)24-12-11-22(3,4)5;/h6-10H,11-12H2,1-5H3;1H/q+1;/p-1. The summed E-state index contributed by atoms with van der Waals surface area (Å²) in [6, 6.07) is 9.81. The van der Waals surface area contributed by atoms with E-state index in [4.69, 9.17) is 4.98 Å². The Hall–Kier alpha value is -0.900. The van der Waals surface area contributed by atoms with Crippen molar-refractivity contribution in [1.29, 1.82) is 0 Å². The Morgan fingerprint density at radius 3 is 2.42 bits per heavy atom. The molecule has 2 heterocycles. The van der Waals surface area contributed by atoms with Crippen LogP contribution in [0.15, 0.2) is 40.3 Å². The van der Waals surface area contributed by atoms with Crippen LogP contribution in [-0.2, 0) is 0 Å². The van der Waals surface area contributed by atoms with Crippen molar-refractivity contribution in [3.8, 4) is 5.69 Å². The number of thioether (sulfide) groups is 1. The van der Waals surface area contributed by atoms with Crippen LogP contribution in [0.25, 0.3) is 15.9 Å². The van der Waals surface area contributed by atoms with E-state index in [1.807, 2.05) is 37.3 Å². The second-order valence-electron chi connectivity index (χ2n) is 7.20. The minimum Gasteiger partial charge on any atom is -1.00 e. The molecule has 26 heavy (non-hydrogen) atoms. The molecule has 0 aliphatic heterocycles. The van der Waals surface area contributed by atoms with Crippen LogP contribution in [0.5, 0.6) is 0 Å². The molecule has 0 spiro atoms. The molecule has 3 rings (SSSR count). The van der Waals surface area contributed by atoms with Crippen molar-refractivity contribution in [2.45, 2.75) is 19.0 Å². The van der Waals surface area contributed by atoms with E-state index < -0.39 is 0 Å². The Kier molecular flexibility index (Phi) is 6.92. The third-order valence-corrected chi connectivity index (χ3v) is 6.20. The van der Waals surface area contributed by atoms with Crippen molar-refractivity contribution in [1.82, 2.24) is 9.55 Å². The highest BCUT2D eigenvalue weighted by atomic mass is 127. The topological polar surface area (TPSA) is 34.9 Å². The number of halogens is 1. The van der Waals surface area contributed by atoms with Gasteiger partial charge in [0.2, 0.25) is 0 Å². The fraction of sp³-hybridized carbons (Fsp3) is 0.368. The van der Waals surface area contributed by atoms with Crippen LogP contribution < -0.4 is 29.5 Å². The van der Waals surface area contributed by atoms with Crippen LogP contribution in [0, 0.1) is 13.8 Å². The first-order valence-corrected chi connectivity index (χ1v) is 10.1. The Balaban J connectivity index is 0.00000243. The van der Waals surface area contributed by atoms with Crippen molar-refractivity contribution >= 4 is 33.3 Å². The third-order valence-electron chi connectivity index (χ3n) is 4.18. The average Bonchev–Trinajstić information content (AvgIpc) is 2.82. The highest BCUT2D eigenvalue weighted by Crippen LogP contribution is 2.29. The molecule has 0 fully saturated rings. The molecule has 0 atom stereocenters. The number of thiophene rings is 1. The predicted molar refractivity (Wildman–Crippen MR) is 108 cm³/mol. The molecule has 2 aromatic heterocycles. The summed E-state index contributed by atoms with van der Waals surface area (Å²) in [5.74, 6) is 0.914. The quantitative estimate of drug-likeness (QED) is 0.225. The zero-order chi connectivity index (χ0) is 18.2. The van der Waals surface area contributed by atoms with Crippen LogP contribution in [-0.4, -0.2) is 47.5 Å². The van der Waals surface area contributed by atoms with Gasteiger partial charge >= 0.3 is 0 Å². The van der Waals surface area contributed by atoms with Gasteiger partial charge in [0.1, 0.15) is 4.83 Å². The van der Waals surface area contributed by atoms with Crippen molar-refractivity contribution in [3.05, 3.63) is 51.1 Å². The average molecular weight is 501 g/mol. The minimum absolute atomic E-state index is 0. The van der Waals surface area contributed by atoms with Crippen LogP contribution in [0.3, 0.4) is 0 Å². The number of hydrogen-bond donors (Lipinski definition) is 0. The lowest BCUT2D eigenvalue weighted by molar-refractivity contribution is -0.867. The normalized spacial score (nSPS) is 11.6. The van der Waals surface area contributed by atoms with Crippen LogP contribution in [0.4, 0.5) is 0 Å². The zero-order valence-electron chi connectivity index (χ0n) is 15.7. The number of rotatable bonds is 5. The van der Waals surface area contributed by atoms with E-state index in [0.29, 0.717) is 0 Å². The number of aromatic nitrogens is 2. The lowest BCUT2D eigenvalue weighted by atomic mass is 10.2. The first-order valence-electron chi connectivity index (χ1n) is 8.29. The second-order valence-corrected chi connectivity index (χ2v) is 9.46. The van der Waals surface area contributed by atoms with Gasteiger partial charge in [-0.1, -0.05) is 30.0 Å². The van der Waals surface area contributed by atoms with Crippen molar-refractivity contribution in [2.75, 3.05) is 33.4 Å². The second kappa shape index (κ2) is 8.41. The largest absolute Gasteiger partial charge is 1.00 e. The molecule has 0 saturated carbocycles. The Bertz CT molecular complexity index is 959. The maximum Gasteiger partial charge on any atom is 0.267 e. The van der Waals surface area contributed by atoms with E-state index >= 15 is 0 Å². The number of benzene rings is 1. The van der Waals surface area contributed by atoms with E-state index in [1.165, 1.54) is 0 Å². The number of aryl methyl sites for hydroxylation is 2. The molecule has 1 aromatic carbocycles. The molecule has 0 aliphatic carbocycles. The molecule has 3 aromatic rings. The Labute approximate surface area is 179 Å². The van der Waals surface area contributed by atoms with Crippen LogP contribution in [0.1, 0.15) is 10.4 Å². The van der Waals surface area contributed by atoms with Gasteiger partial charge < -0.3 is 28.5 Å². The third kappa shape index (κ3) is 4.49. The maximum atomic E-state index is 13.3. The SMILES string of the molecule is Cc1sc2nc(SCC[N+](C)(C)C)n(-c3ccccc3)c(=O)c2c1C.[I-]. The molecular formula is C19H24IN3OS2. The Morgan fingerprint density at radius 2 is 1.81 bits per heavy atom. The van der Waals surface area contributed by atoms with E-state index in [0.717, 1.165) is 48.3 Å². The summed E-state index contributed by atoms with van der Waals surface area (Å²) < 4.78 is 2.66. The first-order chi connectivity index (χ1) is 11.8. The number of para-hydroxylation sites is 1. The van der Waals surface area contributed by atoms with Gasteiger partial charge in [0.15, 0.2) is 5.16 Å². The summed E-state index contributed by atoms with van der Waals surface area (Å²) >= 11 is 3.26. The monoisotopic (exact) mass is 501 g/mol. The minimum atomic E-state index is 0. The molecule has 0 amide bonds. The molecule has 4 nitrogen and oxygen atoms in total. The fourth-order valence-electron chi connectivity index (χ4n) is 2.59. The van der Waals surface area contributed by atoms with Gasteiger partial charge in [0.25, 0.3) is 5.56 Å². The van der Waals surface area contributed by atoms with Gasteiger partial charge in [-0.15, -0.1) is 11.3 Å². The van der Waals surface area contributed by atoms with Gasteiger partial charge in [0, 0.05) is 4.88 Å². The Morgan fingerprint density at radius 1 is 1.15 bits per heavy atom. The first kappa shape index (κ1) is 21.4. The van der Waals surface area contributed by atoms with Gasteiger partial charge in [0.05, 0.1) is 44.5 Å². The molecule has 0 aliphatic rings. The number of quaternary nitrogens is 1. The number of hydrogen-bond acceptors (Lipinski definition) is 4. The van der Waals surface area contributed by atoms with Crippen molar-refractivity contribution in [3.63, 3.8) is 0 Å². The smallest absolute Gasteiger partial charge is 0.267 e. The number of fused-ring (bicyclic) bond motifs is 1. The molecule has 0 radical (unpaired) electrons.